The van der Waals surface area contributed by atoms with E-state index in [0.717, 1.165) is 0 Å². The smallest absolute Gasteiger partial charge is 0.0822 e. The summed E-state index contributed by atoms with van der Waals surface area (Å²) < 4.78 is 0. The van der Waals surface area contributed by atoms with Crippen LogP contribution < -0.4 is 5.46 Å². The zero-order valence-electron chi connectivity index (χ0n) is 9.39. The van der Waals surface area contributed by atoms with Gasteiger partial charge in [0.2, 0.25) is 0 Å². The first-order chi connectivity index (χ1) is 6.04. The second-order valence-electron chi connectivity index (χ2n) is 4.37. The molecule has 1 aromatic rings. The second kappa shape index (κ2) is 4.00. The molecule has 0 nitrogen and oxygen atoms in total. The van der Waals surface area contributed by atoms with Crippen molar-refractivity contribution in [2.75, 3.05) is 0 Å². The van der Waals surface area contributed by atoms with E-state index in [4.69, 9.17) is 0 Å². The molecule has 0 aliphatic carbocycles. The van der Waals surface area contributed by atoms with Gasteiger partial charge >= 0.3 is 0 Å². The maximum atomic E-state index is 2.26. The van der Waals surface area contributed by atoms with Crippen LogP contribution in [0.3, 0.4) is 0 Å². The maximum Gasteiger partial charge on any atom is 0.140 e. The lowest BCUT2D eigenvalue weighted by molar-refractivity contribution is 0.846. The molecule has 0 atom stereocenters. The molecule has 0 unspecified atom stereocenters. The lowest BCUT2D eigenvalue weighted by atomic mass is 9.79. The quantitative estimate of drug-likeness (QED) is 0.603. The van der Waals surface area contributed by atoms with Gasteiger partial charge < -0.3 is 0 Å². The van der Waals surface area contributed by atoms with Gasteiger partial charge in [-0.2, -0.15) is 0 Å². The van der Waals surface area contributed by atoms with Crippen LogP contribution in [-0.2, 0) is 0 Å². The van der Waals surface area contributed by atoms with Gasteiger partial charge in [-0.25, -0.2) is 0 Å². The number of rotatable bonds is 2. The van der Waals surface area contributed by atoms with Crippen molar-refractivity contribution in [3.05, 3.63) is 29.3 Å². The number of hydrogen-bond donors (Lipinski definition) is 0. The van der Waals surface area contributed by atoms with Crippen molar-refractivity contribution in [3.8, 4) is 0 Å². The minimum atomic E-state index is 0.638. The van der Waals surface area contributed by atoms with Crippen LogP contribution in [0.4, 0.5) is 0 Å². The highest BCUT2D eigenvalue weighted by molar-refractivity contribution is 6.34. The topological polar surface area (TPSA) is 0 Å². The van der Waals surface area contributed by atoms with Crippen LogP contribution in [-0.4, -0.2) is 7.85 Å². The molecule has 1 heteroatoms. The Bertz CT molecular complexity index is 261. The van der Waals surface area contributed by atoms with Gasteiger partial charge in [-0.15, -0.1) is 0 Å². The van der Waals surface area contributed by atoms with Gasteiger partial charge in [0.25, 0.3) is 0 Å². The van der Waals surface area contributed by atoms with Gasteiger partial charge in [0, 0.05) is 0 Å². The average molecular weight is 174 g/mol. The molecule has 0 N–H and O–H groups in total. The summed E-state index contributed by atoms with van der Waals surface area (Å²) >= 11 is 0. The monoisotopic (exact) mass is 174 g/mol. The van der Waals surface area contributed by atoms with Crippen LogP contribution in [0.15, 0.2) is 18.2 Å². The second-order valence-corrected chi connectivity index (χ2v) is 4.37. The summed E-state index contributed by atoms with van der Waals surface area (Å²) in [7, 11) is 2.24. The van der Waals surface area contributed by atoms with E-state index in [0.29, 0.717) is 11.8 Å². The molecule has 0 saturated heterocycles. The summed E-state index contributed by atoms with van der Waals surface area (Å²) in [5.41, 5.74) is 4.46. The van der Waals surface area contributed by atoms with Crippen molar-refractivity contribution in [1.82, 2.24) is 0 Å². The van der Waals surface area contributed by atoms with Crippen molar-refractivity contribution in [2.45, 2.75) is 39.5 Å². The van der Waals surface area contributed by atoms with Crippen LogP contribution >= 0.6 is 0 Å². The van der Waals surface area contributed by atoms with E-state index in [9.17, 15) is 0 Å². The fraction of sp³-hybridized carbons (Fsp3) is 0.500. The highest BCUT2D eigenvalue weighted by atomic mass is 14.1. The lowest BCUT2D eigenvalue weighted by Crippen LogP contribution is -2.18. The fourth-order valence-electron chi connectivity index (χ4n) is 1.92. The van der Waals surface area contributed by atoms with Gasteiger partial charge in [0.1, 0.15) is 7.85 Å². The highest BCUT2D eigenvalue weighted by Gasteiger charge is 2.08. The van der Waals surface area contributed by atoms with E-state index >= 15 is 0 Å². The van der Waals surface area contributed by atoms with Crippen LogP contribution in [0.5, 0.6) is 0 Å². The first-order valence-electron chi connectivity index (χ1n) is 5.13. The molecule has 0 heterocycles. The first kappa shape index (κ1) is 10.4. The Morgan fingerprint density at radius 3 is 1.62 bits per heavy atom. The van der Waals surface area contributed by atoms with E-state index in [1.807, 2.05) is 0 Å². The lowest BCUT2D eigenvalue weighted by Gasteiger charge is -2.16. The summed E-state index contributed by atoms with van der Waals surface area (Å²) in [6.07, 6.45) is 0. The molecular weight excluding hydrogens is 155 g/mol. The van der Waals surface area contributed by atoms with Crippen LogP contribution in [0.2, 0.25) is 0 Å². The van der Waals surface area contributed by atoms with Crippen LogP contribution in [0.25, 0.3) is 0 Å². The van der Waals surface area contributed by atoms with Gasteiger partial charge in [-0.1, -0.05) is 62.5 Å². The molecule has 13 heavy (non-hydrogen) atoms. The summed E-state index contributed by atoms with van der Waals surface area (Å²) in [6, 6.07) is 6.66. The molecule has 0 radical (unpaired) electrons. The van der Waals surface area contributed by atoms with E-state index in [1.54, 1.807) is 0 Å². The number of benzene rings is 1. The van der Waals surface area contributed by atoms with E-state index in [2.05, 4.69) is 53.7 Å². The molecule has 0 aliphatic rings. The molecule has 1 rings (SSSR count). The van der Waals surface area contributed by atoms with Gasteiger partial charge in [-0.05, 0) is 11.8 Å². The normalized spacial score (nSPS) is 11.2. The Morgan fingerprint density at radius 1 is 0.923 bits per heavy atom. The first-order valence-corrected chi connectivity index (χ1v) is 5.13. The molecule has 0 spiro atoms. The maximum absolute atomic E-state index is 2.26. The Hall–Kier alpha value is -0.715. The minimum absolute atomic E-state index is 0.638. The Kier molecular flexibility index (Phi) is 3.19. The molecule has 70 valence electrons. The van der Waals surface area contributed by atoms with Crippen molar-refractivity contribution in [1.29, 1.82) is 0 Å². The summed E-state index contributed by atoms with van der Waals surface area (Å²) in [6.45, 7) is 9.03. The number of hydrogen-bond acceptors (Lipinski definition) is 0. The molecule has 0 saturated carbocycles. The molecule has 1 aromatic carbocycles. The van der Waals surface area contributed by atoms with Crippen molar-refractivity contribution in [2.24, 2.45) is 0 Å². The predicted molar refractivity (Wildman–Crippen MR) is 62.8 cm³/mol. The Balaban J connectivity index is 3.18. The molecule has 0 fully saturated rings. The van der Waals surface area contributed by atoms with Crippen molar-refractivity contribution in [3.63, 3.8) is 0 Å². The fourth-order valence-corrected chi connectivity index (χ4v) is 1.92. The zero-order valence-corrected chi connectivity index (χ0v) is 9.39. The third-order valence-corrected chi connectivity index (χ3v) is 2.66. The zero-order chi connectivity index (χ0) is 10.0. The summed E-state index contributed by atoms with van der Waals surface area (Å²) in [5.74, 6) is 1.28. The SMILES string of the molecule is Bc1c(C(C)C)cccc1C(C)C. The van der Waals surface area contributed by atoms with E-state index < -0.39 is 0 Å². The summed E-state index contributed by atoms with van der Waals surface area (Å²) in [4.78, 5) is 0. The van der Waals surface area contributed by atoms with Crippen molar-refractivity contribution >= 4 is 13.3 Å². The van der Waals surface area contributed by atoms with E-state index in [1.165, 1.54) is 16.6 Å². The predicted octanol–water partition coefficient (Wildman–Crippen LogP) is 2.19. The minimum Gasteiger partial charge on any atom is -0.0822 e. The van der Waals surface area contributed by atoms with Crippen molar-refractivity contribution < 1.29 is 0 Å². The largest absolute Gasteiger partial charge is 0.140 e. The average Bonchev–Trinajstić information content (AvgIpc) is 2.03. The van der Waals surface area contributed by atoms with Crippen LogP contribution in [0.1, 0.15) is 50.7 Å². The van der Waals surface area contributed by atoms with Gasteiger partial charge in [0.05, 0.1) is 0 Å². The third-order valence-electron chi connectivity index (χ3n) is 2.66. The van der Waals surface area contributed by atoms with Gasteiger partial charge in [-0.3, -0.25) is 0 Å². The highest BCUT2D eigenvalue weighted by Crippen LogP contribution is 2.17. The molecule has 0 bridgehead atoms. The summed E-state index contributed by atoms with van der Waals surface area (Å²) in [5, 5.41) is 0. The van der Waals surface area contributed by atoms with Crippen LogP contribution in [0, 0.1) is 0 Å². The molecule has 0 aromatic heterocycles. The Labute approximate surface area is 82.8 Å². The standard InChI is InChI=1S/C12H19B/c1-8(2)10-6-5-7-11(9(3)4)12(10)13/h5-9H,13H2,1-4H3. The third kappa shape index (κ3) is 2.15. The van der Waals surface area contributed by atoms with Gasteiger partial charge in [0.15, 0.2) is 0 Å². The van der Waals surface area contributed by atoms with E-state index in [-0.39, 0.29) is 0 Å². The molecule has 0 amide bonds. The molecular formula is C12H19B. The molecule has 0 aliphatic heterocycles. The Morgan fingerprint density at radius 2 is 1.31 bits per heavy atom.